The Bertz CT molecular complexity index is 848. The van der Waals surface area contributed by atoms with E-state index in [2.05, 4.69) is 15.6 Å². The number of pyridine rings is 1. The van der Waals surface area contributed by atoms with E-state index in [1.807, 2.05) is 13.0 Å². The van der Waals surface area contributed by atoms with Gasteiger partial charge in [0.25, 0.3) is 0 Å². The van der Waals surface area contributed by atoms with Crippen LogP contribution in [0.2, 0.25) is 0 Å². The van der Waals surface area contributed by atoms with Crippen LogP contribution in [0, 0.1) is 12.8 Å². The van der Waals surface area contributed by atoms with E-state index in [0.717, 1.165) is 5.56 Å². The highest BCUT2D eigenvalue weighted by atomic mass is 16.2. The normalized spacial score (nSPS) is 16.5. The number of aromatic nitrogens is 1. The summed E-state index contributed by atoms with van der Waals surface area (Å²) in [7, 11) is 0. The maximum Gasteiger partial charge on any atom is 0.230 e. The molecule has 0 saturated carbocycles. The molecular formula is C19H20N4O3. The molecule has 0 aliphatic carbocycles. The number of hydrogen-bond donors (Lipinski definition) is 2. The Morgan fingerprint density at radius 1 is 1.15 bits per heavy atom. The summed E-state index contributed by atoms with van der Waals surface area (Å²) < 4.78 is 0. The summed E-state index contributed by atoms with van der Waals surface area (Å²) in [5, 5.41) is 5.45. The van der Waals surface area contributed by atoms with E-state index in [0.29, 0.717) is 23.7 Å². The molecule has 2 heterocycles. The first-order valence-electron chi connectivity index (χ1n) is 8.34. The lowest BCUT2D eigenvalue weighted by Gasteiger charge is -2.17. The van der Waals surface area contributed by atoms with Gasteiger partial charge in [0.15, 0.2) is 0 Å². The number of anilines is 3. The largest absolute Gasteiger partial charge is 0.326 e. The van der Waals surface area contributed by atoms with Crippen LogP contribution in [0.25, 0.3) is 0 Å². The molecule has 1 aromatic carbocycles. The van der Waals surface area contributed by atoms with Crippen molar-refractivity contribution in [2.75, 3.05) is 22.1 Å². The minimum absolute atomic E-state index is 0.102. The van der Waals surface area contributed by atoms with Gasteiger partial charge in [-0.2, -0.15) is 0 Å². The van der Waals surface area contributed by atoms with Crippen molar-refractivity contribution in [3.05, 3.63) is 48.2 Å². The van der Waals surface area contributed by atoms with Gasteiger partial charge in [0.2, 0.25) is 17.7 Å². The highest BCUT2D eigenvalue weighted by molar-refractivity contribution is 6.03. The van der Waals surface area contributed by atoms with Crippen molar-refractivity contribution < 1.29 is 14.4 Å². The molecule has 1 aliphatic heterocycles. The number of carbonyl (C=O) groups is 3. The summed E-state index contributed by atoms with van der Waals surface area (Å²) >= 11 is 0. The van der Waals surface area contributed by atoms with Gasteiger partial charge in [0.1, 0.15) is 5.82 Å². The van der Waals surface area contributed by atoms with Crippen LogP contribution >= 0.6 is 0 Å². The third-order valence-electron chi connectivity index (χ3n) is 4.16. The van der Waals surface area contributed by atoms with E-state index >= 15 is 0 Å². The molecule has 0 unspecified atom stereocenters. The maximum absolute atomic E-state index is 12.4. The molecule has 2 aromatic rings. The lowest BCUT2D eigenvalue weighted by Crippen LogP contribution is -2.28. The molecule has 1 aliphatic rings. The lowest BCUT2D eigenvalue weighted by molar-refractivity contribution is -0.122. The summed E-state index contributed by atoms with van der Waals surface area (Å²) in [6.07, 6.45) is 1.79. The molecule has 2 N–H and O–H groups in total. The van der Waals surface area contributed by atoms with Gasteiger partial charge in [0, 0.05) is 37.5 Å². The molecule has 1 fully saturated rings. The maximum atomic E-state index is 12.4. The van der Waals surface area contributed by atoms with Gasteiger partial charge in [-0.25, -0.2) is 4.98 Å². The number of hydrogen-bond acceptors (Lipinski definition) is 4. The first-order chi connectivity index (χ1) is 12.4. The van der Waals surface area contributed by atoms with E-state index in [1.165, 1.54) is 6.92 Å². The predicted molar refractivity (Wildman–Crippen MR) is 98.8 cm³/mol. The summed E-state index contributed by atoms with van der Waals surface area (Å²) in [4.78, 5) is 41.5. The van der Waals surface area contributed by atoms with Gasteiger partial charge < -0.3 is 15.5 Å². The molecule has 26 heavy (non-hydrogen) atoms. The molecule has 0 spiro atoms. The molecule has 3 rings (SSSR count). The fourth-order valence-corrected chi connectivity index (χ4v) is 2.89. The first kappa shape index (κ1) is 17.6. The van der Waals surface area contributed by atoms with Gasteiger partial charge in [-0.1, -0.05) is 0 Å². The quantitative estimate of drug-likeness (QED) is 0.883. The third kappa shape index (κ3) is 4.05. The number of amides is 3. The number of aryl methyl sites for hydroxylation is 1. The first-order valence-corrected chi connectivity index (χ1v) is 8.34. The second-order valence-electron chi connectivity index (χ2n) is 6.34. The van der Waals surface area contributed by atoms with Crippen molar-refractivity contribution in [1.29, 1.82) is 0 Å². The second kappa shape index (κ2) is 7.35. The van der Waals surface area contributed by atoms with Gasteiger partial charge >= 0.3 is 0 Å². The van der Waals surface area contributed by atoms with Gasteiger partial charge in [-0.3, -0.25) is 14.4 Å². The number of nitrogens with one attached hydrogen (secondary N) is 2. The summed E-state index contributed by atoms with van der Waals surface area (Å²) in [6, 6.07) is 10.6. The zero-order valence-corrected chi connectivity index (χ0v) is 14.7. The number of benzene rings is 1. The Hall–Kier alpha value is -3.22. The molecule has 1 saturated heterocycles. The van der Waals surface area contributed by atoms with Gasteiger partial charge in [-0.15, -0.1) is 0 Å². The molecule has 0 bridgehead atoms. The van der Waals surface area contributed by atoms with Crippen LogP contribution in [-0.2, 0) is 14.4 Å². The fraction of sp³-hybridized carbons (Fsp3) is 0.263. The average molecular weight is 352 g/mol. The molecule has 7 heteroatoms. The third-order valence-corrected chi connectivity index (χ3v) is 4.16. The van der Waals surface area contributed by atoms with Crippen molar-refractivity contribution in [1.82, 2.24) is 4.98 Å². The summed E-state index contributed by atoms with van der Waals surface area (Å²) in [5.41, 5.74) is 2.36. The Labute approximate surface area is 151 Å². The zero-order valence-electron chi connectivity index (χ0n) is 14.7. The summed E-state index contributed by atoms with van der Waals surface area (Å²) in [6.45, 7) is 3.67. The fourth-order valence-electron chi connectivity index (χ4n) is 2.89. The highest BCUT2D eigenvalue weighted by Crippen LogP contribution is 2.27. The van der Waals surface area contributed by atoms with E-state index in [1.54, 1.807) is 41.4 Å². The van der Waals surface area contributed by atoms with Crippen LogP contribution in [0.5, 0.6) is 0 Å². The van der Waals surface area contributed by atoms with Crippen LogP contribution in [0.3, 0.4) is 0 Å². The van der Waals surface area contributed by atoms with Crippen LogP contribution in [0.15, 0.2) is 42.6 Å². The lowest BCUT2D eigenvalue weighted by atomic mass is 10.1. The standard InChI is InChI=1S/C19H20N4O3/c1-12-7-8-20-17(9-12)22-19(26)14-10-18(25)23(11-14)16-5-3-15(4-6-16)21-13(2)24/h3-9,14H,10-11H2,1-2H3,(H,21,24)(H,20,22,26)/t14-/m1/s1. The van der Waals surface area contributed by atoms with Crippen molar-refractivity contribution in [2.45, 2.75) is 20.3 Å². The van der Waals surface area contributed by atoms with Crippen molar-refractivity contribution in [2.24, 2.45) is 5.92 Å². The van der Waals surface area contributed by atoms with Crippen LogP contribution < -0.4 is 15.5 Å². The van der Waals surface area contributed by atoms with Gasteiger partial charge in [-0.05, 0) is 48.9 Å². The number of carbonyl (C=O) groups excluding carboxylic acids is 3. The minimum atomic E-state index is -0.431. The number of nitrogens with zero attached hydrogens (tertiary/aromatic N) is 2. The zero-order chi connectivity index (χ0) is 18.7. The van der Waals surface area contributed by atoms with Crippen LogP contribution in [0.4, 0.5) is 17.2 Å². The summed E-state index contributed by atoms with van der Waals surface area (Å²) in [5.74, 6) is -0.416. The smallest absolute Gasteiger partial charge is 0.230 e. The molecule has 3 amide bonds. The predicted octanol–water partition coefficient (Wildman–Crippen LogP) is 2.34. The van der Waals surface area contributed by atoms with Crippen LogP contribution in [-0.4, -0.2) is 29.3 Å². The monoisotopic (exact) mass is 352 g/mol. The minimum Gasteiger partial charge on any atom is -0.326 e. The van der Waals surface area contributed by atoms with Gasteiger partial charge in [0.05, 0.1) is 5.92 Å². The van der Waals surface area contributed by atoms with Crippen LogP contribution in [0.1, 0.15) is 18.9 Å². The molecule has 7 nitrogen and oxygen atoms in total. The SMILES string of the molecule is CC(=O)Nc1ccc(N2C[C@H](C(=O)Nc3cc(C)ccn3)CC2=O)cc1. The second-order valence-corrected chi connectivity index (χ2v) is 6.34. The van der Waals surface area contributed by atoms with E-state index < -0.39 is 5.92 Å². The Morgan fingerprint density at radius 2 is 1.88 bits per heavy atom. The van der Waals surface area contributed by atoms with E-state index in [9.17, 15) is 14.4 Å². The van der Waals surface area contributed by atoms with Crippen molar-refractivity contribution in [3.63, 3.8) is 0 Å². The Balaban J connectivity index is 1.66. The van der Waals surface area contributed by atoms with Crippen molar-refractivity contribution in [3.8, 4) is 0 Å². The molecule has 0 radical (unpaired) electrons. The topological polar surface area (TPSA) is 91.4 Å². The average Bonchev–Trinajstić information content (AvgIpc) is 2.97. The Morgan fingerprint density at radius 3 is 2.54 bits per heavy atom. The molecule has 1 atom stereocenters. The van der Waals surface area contributed by atoms with Crippen molar-refractivity contribution >= 4 is 34.9 Å². The Kier molecular flexibility index (Phi) is 4.97. The van der Waals surface area contributed by atoms with E-state index in [-0.39, 0.29) is 24.1 Å². The number of rotatable bonds is 4. The molecule has 134 valence electrons. The molecule has 1 aromatic heterocycles. The highest BCUT2D eigenvalue weighted by Gasteiger charge is 2.35. The van der Waals surface area contributed by atoms with E-state index in [4.69, 9.17) is 0 Å². The molecular weight excluding hydrogens is 332 g/mol.